The lowest BCUT2D eigenvalue weighted by molar-refractivity contribution is 0.0939. The van der Waals surface area contributed by atoms with E-state index in [9.17, 15) is 4.79 Å². The van der Waals surface area contributed by atoms with Gasteiger partial charge in [-0.1, -0.05) is 32.1 Å². The number of rotatable bonds is 5. The number of amides is 1. The van der Waals surface area contributed by atoms with Crippen LogP contribution in [-0.2, 0) is 0 Å². The van der Waals surface area contributed by atoms with Crippen molar-refractivity contribution in [1.29, 1.82) is 0 Å². The molecule has 2 unspecified atom stereocenters. The fourth-order valence-electron chi connectivity index (χ4n) is 1.79. The van der Waals surface area contributed by atoms with E-state index < -0.39 is 0 Å². The average molecular weight is 278 g/mol. The first-order valence-corrected chi connectivity index (χ1v) is 7.48. The van der Waals surface area contributed by atoms with Gasteiger partial charge in [-0.05, 0) is 31.4 Å². The molecule has 0 aromatic carbocycles. The Morgan fingerprint density at radius 3 is 2.84 bits per heavy atom. The van der Waals surface area contributed by atoms with Gasteiger partial charge in [0.2, 0.25) is 0 Å². The predicted octanol–water partition coefficient (Wildman–Crippen LogP) is 2.61. The molecule has 0 aliphatic rings. The molecule has 104 valence electrons. The molecule has 0 fully saturated rings. The van der Waals surface area contributed by atoms with Gasteiger partial charge in [0.05, 0.1) is 16.3 Å². The van der Waals surface area contributed by atoms with Crippen LogP contribution in [0.2, 0.25) is 0 Å². The minimum absolute atomic E-state index is 0.0124. The summed E-state index contributed by atoms with van der Waals surface area (Å²) in [7, 11) is 0. The minimum atomic E-state index is -0.0124. The van der Waals surface area contributed by atoms with Crippen LogP contribution < -0.4 is 11.1 Å². The van der Waals surface area contributed by atoms with Gasteiger partial charge < -0.3 is 11.1 Å². The van der Waals surface area contributed by atoms with Crippen LogP contribution in [0, 0.1) is 17.8 Å². The van der Waals surface area contributed by atoms with Crippen molar-refractivity contribution in [3.05, 3.63) is 21.9 Å². The summed E-state index contributed by atoms with van der Waals surface area (Å²) >= 11 is 1.41. The first-order valence-electron chi connectivity index (χ1n) is 6.66. The molecule has 1 heterocycles. The second-order valence-electron chi connectivity index (χ2n) is 4.79. The number of hydrogen-bond acceptors (Lipinski definition) is 3. The highest BCUT2D eigenvalue weighted by atomic mass is 32.1. The maximum Gasteiger partial charge on any atom is 0.261 e. The summed E-state index contributed by atoms with van der Waals surface area (Å²) in [6.07, 6.45) is 2.14. The van der Waals surface area contributed by atoms with E-state index in [1.165, 1.54) is 11.3 Å². The summed E-state index contributed by atoms with van der Waals surface area (Å²) in [5.74, 6) is 6.34. The summed E-state index contributed by atoms with van der Waals surface area (Å²) in [5, 5.41) is 3.03. The molecule has 19 heavy (non-hydrogen) atoms. The fraction of sp³-hybridized carbons (Fsp3) is 0.533. The minimum Gasteiger partial charge on any atom is -0.349 e. The van der Waals surface area contributed by atoms with E-state index in [1.54, 1.807) is 0 Å². The summed E-state index contributed by atoms with van der Waals surface area (Å²) in [6, 6.07) is 3.88. The summed E-state index contributed by atoms with van der Waals surface area (Å²) in [5.41, 5.74) is 5.32. The zero-order chi connectivity index (χ0) is 14.3. The number of nitrogens with two attached hydrogens (primary N) is 1. The van der Waals surface area contributed by atoms with Gasteiger partial charge in [0.1, 0.15) is 0 Å². The number of carbonyl (C=O) groups is 1. The highest BCUT2D eigenvalue weighted by Gasteiger charge is 2.13. The molecule has 0 aliphatic heterocycles. The van der Waals surface area contributed by atoms with Crippen LogP contribution >= 0.6 is 11.3 Å². The monoisotopic (exact) mass is 278 g/mol. The third-order valence-electron chi connectivity index (χ3n) is 2.97. The van der Waals surface area contributed by atoms with Gasteiger partial charge in [0.25, 0.3) is 5.91 Å². The van der Waals surface area contributed by atoms with E-state index in [1.807, 2.05) is 19.1 Å². The molecule has 0 radical (unpaired) electrons. The van der Waals surface area contributed by atoms with Crippen molar-refractivity contribution in [1.82, 2.24) is 5.32 Å². The summed E-state index contributed by atoms with van der Waals surface area (Å²) < 4.78 is 0. The van der Waals surface area contributed by atoms with Gasteiger partial charge in [-0.15, -0.1) is 11.3 Å². The van der Waals surface area contributed by atoms with Gasteiger partial charge >= 0.3 is 0 Å². The molecule has 2 atom stereocenters. The Hall–Kier alpha value is -1.31. The molecule has 1 amide bonds. The highest BCUT2D eigenvalue weighted by Crippen LogP contribution is 2.16. The van der Waals surface area contributed by atoms with E-state index in [0.29, 0.717) is 17.3 Å². The zero-order valence-electron chi connectivity index (χ0n) is 11.8. The Morgan fingerprint density at radius 1 is 1.47 bits per heavy atom. The lowest BCUT2D eigenvalue weighted by Crippen LogP contribution is -2.33. The van der Waals surface area contributed by atoms with E-state index >= 15 is 0 Å². The molecule has 1 rings (SSSR count). The summed E-state index contributed by atoms with van der Waals surface area (Å²) in [6.45, 7) is 6.76. The maximum atomic E-state index is 12.0. The van der Waals surface area contributed by atoms with Crippen LogP contribution in [0.3, 0.4) is 0 Å². The number of hydrogen-bond donors (Lipinski definition) is 2. The molecule has 0 bridgehead atoms. The lowest BCUT2D eigenvalue weighted by Gasteiger charge is -2.16. The smallest absolute Gasteiger partial charge is 0.261 e. The van der Waals surface area contributed by atoms with Crippen molar-refractivity contribution >= 4 is 17.2 Å². The van der Waals surface area contributed by atoms with Crippen molar-refractivity contribution < 1.29 is 4.79 Å². The third kappa shape index (κ3) is 5.46. The number of nitrogens with one attached hydrogen (secondary N) is 1. The predicted molar refractivity (Wildman–Crippen MR) is 81.3 cm³/mol. The first kappa shape index (κ1) is 15.7. The van der Waals surface area contributed by atoms with Crippen molar-refractivity contribution in [2.75, 3.05) is 6.54 Å². The van der Waals surface area contributed by atoms with Crippen LogP contribution in [0.25, 0.3) is 0 Å². The molecular formula is C15H22N2OS. The van der Waals surface area contributed by atoms with Crippen LogP contribution in [0.5, 0.6) is 0 Å². The molecule has 4 heteroatoms. The SMILES string of the molecule is CCC(C)CC(C)NC(=O)c1ccc(C#CCN)s1. The highest BCUT2D eigenvalue weighted by molar-refractivity contribution is 7.14. The van der Waals surface area contributed by atoms with Crippen LogP contribution in [-0.4, -0.2) is 18.5 Å². The molecule has 0 spiro atoms. The molecular weight excluding hydrogens is 256 g/mol. The van der Waals surface area contributed by atoms with E-state index in [2.05, 4.69) is 31.0 Å². The molecule has 0 saturated heterocycles. The van der Waals surface area contributed by atoms with Crippen LogP contribution in [0.4, 0.5) is 0 Å². The first-order chi connectivity index (χ1) is 9.06. The Labute approximate surface area is 119 Å². The Kier molecular flexibility index (Phi) is 6.61. The topological polar surface area (TPSA) is 55.1 Å². The largest absolute Gasteiger partial charge is 0.349 e. The van der Waals surface area contributed by atoms with Crippen molar-refractivity contribution in [2.24, 2.45) is 11.7 Å². The van der Waals surface area contributed by atoms with Gasteiger partial charge in [-0.2, -0.15) is 0 Å². The Balaban J connectivity index is 2.56. The van der Waals surface area contributed by atoms with E-state index in [4.69, 9.17) is 5.73 Å². The van der Waals surface area contributed by atoms with E-state index in [-0.39, 0.29) is 11.9 Å². The van der Waals surface area contributed by atoms with Crippen molar-refractivity contribution in [2.45, 2.75) is 39.7 Å². The quantitative estimate of drug-likeness (QED) is 0.813. The van der Waals surface area contributed by atoms with Crippen molar-refractivity contribution in [3.63, 3.8) is 0 Å². The lowest BCUT2D eigenvalue weighted by atomic mass is 10.0. The molecule has 1 aromatic heterocycles. The van der Waals surface area contributed by atoms with Crippen LogP contribution in [0.15, 0.2) is 12.1 Å². The second kappa shape index (κ2) is 7.98. The van der Waals surface area contributed by atoms with Gasteiger partial charge in [-0.25, -0.2) is 0 Å². The molecule has 0 saturated carbocycles. The molecule has 1 aromatic rings. The second-order valence-corrected chi connectivity index (χ2v) is 5.88. The third-order valence-corrected chi connectivity index (χ3v) is 3.97. The van der Waals surface area contributed by atoms with E-state index in [0.717, 1.165) is 17.7 Å². The van der Waals surface area contributed by atoms with Crippen LogP contribution in [0.1, 0.15) is 48.2 Å². The number of thiophene rings is 1. The molecule has 0 aliphatic carbocycles. The zero-order valence-corrected chi connectivity index (χ0v) is 12.6. The molecule has 3 N–H and O–H groups in total. The van der Waals surface area contributed by atoms with Gasteiger partial charge in [0, 0.05) is 6.04 Å². The Morgan fingerprint density at radius 2 is 2.21 bits per heavy atom. The normalized spacial score (nSPS) is 13.3. The Bertz CT molecular complexity index is 470. The van der Waals surface area contributed by atoms with Gasteiger partial charge in [0.15, 0.2) is 0 Å². The van der Waals surface area contributed by atoms with Gasteiger partial charge in [-0.3, -0.25) is 4.79 Å². The fourth-order valence-corrected chi connectivity index (χ4v) is 2.57. The standard InChI is InChI=1S/C15H22N2OS/c1-4-11(2)10-12(3)17-15(18)14-8-7-13(19-14)6-5-9-16/h7-8,11-12H,4,9-10,16H2,1-3H3,(H,17,18). The van der Waals surface area contributed by atoms with Crippen molar-refractivity contribution in [3.8, 4) is 11.8 Å². The summed E-state index contributed by atoms with van der Waals surface area (Å²) in [4.78, 5) is 13.6. The maximum absolute atomic E-state index is 12.0. The molecule has 3 nitrogen and oxygen atoms in total. The average Bonchev–Trinajstić information content (AvgIpc) is 2.84. The number of carbonyl (C=O) groups excluding carboxylic acids is 1.